The van der Waals surface area contributed by atoms with Crippen LogP contribution < -0.4 is 5.73 Å². The van der Waals surface area contributed by atoms with E-state index in [1.807, 2.05) is 19.1 Å². The van der Waals surface area contributed by atoms with E-state index in [0.717, 1.165) is 38.0 Å². The number of benzene rings is 1. The Balaban J connectivity index is 1.91. The lowest BCUT2D eigenvalue weighted by molar-refractivity contribution is -0.137. The van der Waals surface area contributed by atoms with E-state index in [1.165, 1.54) is 5.56 Å². The second kappa shape index (κ2) is 6.72. The summed E-state index contributed by atoms with van der Waals surface area (Å²) in [5.74, 6) is -0.641. The van der Waals surface area contributed by atoms with Gasteiger partial charge in [0, 0.05) is 25.1 Å². The lowest BCUT2D eigenvalue weighted by Crippen LogP contribution is -2.21. The van der Waals surface area contributed by atoms with Crippen molar-refractivity contribution in [3.8, 4) is 0 Å². The Morgan fingerprint density at radius 3 is 2.81 bits per heavy atom. The molecule has 114 valence electrons. The normalized spacial score (nSPS) is 18.8. The number of nitrogens with two attached hydrogens (primary N) is 1. The molecule has 3 N–H and O–H groups in total. The standard InChI is InChI=1S/C16H22N2O3/c1-11-8-13(16(17)21)3-4-14(11)10-18-7-6-12(9-18)2-5-15(19)20/h3-4,8,12H,2,5-7,9-10H2,1H3,(H2,17,21)(H,19,20). The zero-order chi connectivity index (χ0) is 15.4. The van der Waals surface area contributed by atoms with Gasteiger partial charge in [-0.1, -0.05) is 6.07 Å². The van der Waals surface area contributed by atoms with E-state index in [0.29, 0.717) is 11.5 Å². The van der Waals surface area contributed by atoms with Gasteiger partial charge in [-0.15, -0.1) is 0 Å². The number of likely N-dealkylation sites (tertiary alicyclic amines) is 1. The molecule has 1 atom stereocenters. The van der Waals surface area contributed by atoms with Crippen LogP contribution in [0.2, 0.25) is 0 Å². The average Bonchev–Trinajstić information content (AvgIpc) is 2.86. The summed E-state index contributed by atoms with van der Waals surface area (Å²) in [6.07, 6.45) is 2.07. The van der Waals surface area contributed by atoms with Crippen LogP contribution in [0.5, 0.6) is 0 Å². The number of hydrogen-bond acceptors (Lipinski definition) is 3. The molecular formula is C16H22N2O3. The van der Waals surface area contributed by atoms with Gasteiger partial charge in [0.2, 0.25) is 5.91 Å². The Hall–Kier alpha value is -1.88. The van der Waals surface area contributed by atoms with Crippen LogP contribution in [-0.4, -0.2) is 35.0 Å². The van der Waals surface area contributed by atoms with Crippen LogP contribution >= 0.6 is 0 Å². The number of nitrogens with zero attached hydrogens (tertiary/aromatic N) is 1. The van der Waals surface area contributed by atoms with Crippen molar-refractivity contribution in [1.82, 2.24) is 4.90 Å². The van der Waals surface area contributed by atoms with Gasteiger partial charge in [0.25, 0.3) is 0 Å². The highest BCUT2D eigenvalue weighted by molar-refractivity contribution is 5.93. The third kappa shape index (κ3) is 4.29. The molecule has 1 amide bonds. The van der Waals surface area contributed by atoms with Crippen molar-refractivity contribution in [2.45, 2.75) is 32.7 Å². The number of carbonyl (C=O) groups excluding carboxylic acids is 1. The first-order valence-electron chi connectivity index (χ1n) is 7.29. The highest BCUT2D eigenvalue weighted by Gasteiger charge is 2.23. The van der Waals surface area contributed by atoms with Gasteiger partial charge in [-0.3, -0.25) is 14.5 Å². The van der Waals surface area contributed by atoms with Crippen molar-refractivity contribution in [1.29, 1.82) is 0 Å². The van der Waals surface area contributed by atoms with Crippen molar-refractivity contribution < 1.29 is 14.7 Å². The average molecular weight is 290 g/mol. The Labute approximate surface area is 124 Å². The molecule has 1 aliphatic heterocycles. The SMILES string of the molecule is Cc1cc(C(N)=O)ccc1CN1CCC(CCC(=O)O)C1. The maximum atomic E-state index is 11.1. The number of carboxylic acids is 1. The molecule has 5 nitrogen and oxygen atoms in total. The quantitative estimate of drug-likeness (QED) is 0.836. The zero-order valence-electron chi connectivity index (χ0n) is 12.3. The first kappa shape index (κ1) is 15.5. The van der Waals surface area contributed by atoms with Gasteiger partial charge in [-0.25, -0.2) is 0 Å². The summed E-state index contributed by atoms with van der Waals surface area (Å²) < 4.78 is 0. The van der Waals surface area contributed by atoms with Crippen LogP contribution in [0.3, 0.4) is 0 Å². The van der Waals surface area contributed by atoms with Gasteiger partial charge in [-0.05, 0) is 55.5 Å². The van der Waals surface area contributed by atoms with Gasteiger partial charge in [0.05, 0.1) is 0 Å². The van der Waals surface area contributed by atoms with Crippen molar-refractivity contribution in [3.05, 3.63) is 34.9 Å². The summed E-state index contributed by atoms with van der Waals surface area (Å²) in [5.41, 5.74) is 8.08. The monoisotopic (exact) mass is 290 g/mol. The van der Waals surface area contributed by atoms with Crippen molar-refractivity contribution >= 4 is 11.9 Å². The summed E-state index contributed by atoms with van der Waals surface area (Å²) in [4.78, 5) is 24.1. The molecule has 1 heterocycles. The number of primary amides is 1. The number of aliphatic carboxylic acids is 1. The molecule has 0 spiro atoms. The molecule has 1 unspecified atom stereocenters. The van der Waals surface area contributed by atoms with E-state index in [1.54, 1.807) is 6.07 Å². The Bertz CT molecular complexity index is 542. The summed E-state index contributed by atoms with van der Waals surface area (Å²) in [6, 6.07) is 5.55. The molecule has 1 aliphatic rings. The molecule has 1 saturated heterocycles. The van der Waals surface area contributed by atoms with E-state index >= 15 is 0 Å². The third-order valence-corrected chi connectivity index (χ3v) is 4.16. The van der Waals surface area contributed by atoms with Crippen LogP contribution in [0.25, 0.3) is 0 Å². The minimum absolute atomic E-state index is 0.255. The fourth-order valence-electron chi connectivity index (χ4n) is 2.89. The molecule has 0 saturated carbocycles. The molecule has 0 aromatic heterocycles. The highest BCUT2D eigenvalue weighted by Crippen LogP contribution is 2.23. The Morgan fingerprint density at radius 1 is 1.43 bits per heavy atom. The second-order valence-electron chi connectivity index (χ2n) is 5.83. The Kier molecular flexibility index (Phi) is 4.96. The fraction of sp³-hybridized carbons (Fsp3) is 0.500. The maximum Gasteiger partial charge on any atom is 0.303 e. The minimum atomic E-state index is -0.716. The number of rotatable bonds is 6. The minimum Gasteiger partial charge on any atom is -0.481 e. The lowest BCUT2D eigenvalue weighted by Gasteiger charge is -2.17. The number of carbonyl (C=O) groups is 2. The zero-order valence-corrected chi connectivity index (χ0v) is 12.3. The summed E-state index contributed by atoms with van der Waals surface area (Å²) >= 11 is 0. The van der Waals surface area contributed by atoms with Crippen molar-refractivity contribution in [2.24, 2.45) is 11.7 Å². The van der Waals surface area contributed by atoms with E-state index in [9.17, 15) is 9.59 Å². The van der Waals surface area contributed by atoms with E-state index in [4.69, 9.17) is 10.8 Å². The predicted octanol–water partition coefficient (Wildman–Crippen LogP) is 1.78. The van der Waals surface area contributed by atoms with Gasteiger partial charge in [0.1, 0.15) is 0 Å². The molecule has 0 aliphatic carbocycles. The van der Waals surface area contributed by atoms with Gasteiger partial charge < -0.3 is 10.8 Å². The van der Waals surface area contributed by atoms with Gasteiger partial charge in [0.15, 0.2) is 0 Å². The molecule has 0 bridgehead atoms. The number of hydrogen-bond donors (Lipinski definition) is 2. The van der Waals surface area contributed by atoms with Crippen molar-refractivity contribution in [3.63, 3.8) is 0 Å². The second-order valence-corrected chi connectivity index (χ2v) is 5.83. The molecular weight excluding hydrogens is 268 g/mol. The maximum absolute atomic E-state index is 11.1. The van der Waals surface area contributed by atoms with Crippen molar-refractivity contribution in [2.75, 3.05) is 13.1 Å². The summed E-state index contributed by atoms with van der Waals surface area (Å²) in [5, 5.41) is 8.73. The van der Waals surface area contributed by atoms with E-state index in [2.05, 4.69) is 4.90 Å². The smallest absolute Gasteiger partial charge is 0.303 e. The number of aryl methyl sites for hydroxylation is 1. The number of amides is 1. The fourth-order valence-corrected chi connectivity index (χ4v) is 2.89. The van der Waals surface area contributed by atoms with Crippen LogP contribution in [0.1, 0.15) is 40.7 Å². The topological polar surface area (TPSA) is 83.6 Å². The van der Waals surface area contributed by atoms with Gasteiger partial charge in [-0.2, -0.15) is 0 Å². The number of carboxylic acid groups (broad SMARTS) is 1. The first-order valence-corrected chi connectivity index (χ1v) is 7.29. The van der Waals surface area contributed by atoms with E-state index in [-0.39, 0.29) is 6.42 Å². The molecule has 21 heavy (non-hydrogen) atoms. The first-order chi connectivity index (χ1) is 9.95. The van der Waals surface area contributed by atoms with Crippen LogP contribution in [0.4, 0.5) is 0 Å². The molecule has 0 radical (unpaired) electrons. The molecule has 1 fully saturated rings. The summed E-state index contributed by atoms with van der Waals surface area (Å²) in [6.45, 7) is 4.78. The largest absolute Gasteiger partial charge is 0.481 e. The van der Waals surface area contributed by atoms with Crippen LogP contribution in [0.15, 0.2) is 18.2 Å². The predicted molar refractivity (Wildman–Crippen MR) is 80.0 cm³/mol. The molecule has 5 heteroatoms. The Morgan fingerprint density at radius 2 is 2.19 bits per heavy atom. The molecule has 1 aromatic carbocycles. The highest BCUT2D eigenvalue weighted by atomic mass is 16.4. The molecule has 2 rings (SSSR count). The lowest BCUT2D eigenvalue weighted by atomic mass is 10.0. The summed E-state index contributed by atoms with van der Waals surface area (Å²) in [7, 11) is 0. The van der Waals surface area contributed by atoms with Crippen LogP contribution in [-0.2, 0) is 11.3 Å². The third-order valence-electron chi connectivity index (χ3n) is 4.16. The van der Waals surface area contributed by atoms with Gasteiger partial charge >= 0.3 is 5.97 Å². The van der Waals surface area contributed by atoms with Crippen LogP contribution in [0, 0.1) is 12.8 Å². The van der Waals surface area contributed by atoms with E-state index < -0.39 is 11.9 Å². The molecule has 1 aromatic rings.